The number of aliphatic hydroxyl groups is 4. The molecule has 4 rings (SSSR count). The molecule has 4 N–H and O–H groups in total. The number of benzene rings is 2. The molecular formula is C25H30O5S. The van der Waals surface area contributed by atoms with E-state index in [4.69, 9.17) is 4.74 Å². The van der Waals surface area contributed by atoms with Gasteiger partial charge in [0.25, 0.3) is 0 Å². The zero-order valence-corrected chi connectivity index (χ0v) is 18.8. The van der Waals surface area contributed by atoms with Crippen molar-refractivity contribution in [3.05, 3.63) is 70.1 Å². The van der Waals surface area contributed by atoms with Crippen molar-refractivity contribution < 1.29 is 25.2 Å². The Balaban J connectivity index is 1.57. The molecule has 0 aliphatic carbocycles. The van der Waals surface area contributed by atoms with Crippen molar-refractivity contribution in [1.29, 1.82) is 0 Å². The van der Waals surface area contributed by atoms with Gasteiger partial charge in [-0.3, -0.25) is 0 Å². The normalized spacial score (nSPS) is 27.0. The van der Waals surface area contributed by atoms with Crippen LogP contribution in [0.15, 0.2) is 48.5 Å². The van der Waals surface area contributed by atoms with Crippen LogP contribution < -0.4 is 0 Å². The Morgan fingerprint density at radius 3 is 2.42 bits per heavy atom. The lowest BCUT2D eigenvalue weighted by atomic mass is 9.86. The summed E-state index contributed by atoms with van der Waals surface area (Å²) in [7, 11) is 0. The van der Waals surface area contributed by atoms with Crippen molar-refractivity contribution >= 4 is 21.4 Å². The van der Waals surface area contributed by atoms with E-state index >= 15 is 0 Å². The quantitative estimate of drug-likeness (QED) is 0.498. The molecule has 1 aromatic heterocycles. The fraction of sp³-hybridized carbons (Fsp3) is 0.440. The van der Waals surface area contributed by atoms with Crippen LogP contribution in [0.4, 0.5) is 0 Å². The van der Waals surface area contributed by atoms with E-state index in [-0.39, 0.29) is 5.41 Å². The lowest BCUT2D eigenvalue weighted by Crippen LogP contribution is -2.55. The molecule has 0 bridgehead atoms. The van der Waals surface area contributed by atoms with Gasteiger partial charge in [-0.1, -0.05) is 51.1 Å². The van der Waals surface area contributed by atoms with Crippen LogP contribution in [0.25, 0.3) is 10.1 Å². The Labute approximate surface area is 186 Å². The largest absolute Gasteiger partial charge is 0.394 e. The molecule has 0 radical (unpaired) electrons. The summed E-state index contributed by atoms with van der Waals surface area (Å²) in [6, 6.07) is 16.6. The minimum Gasteiger partial charge on any atom is -0.394 e. The van der Waals surface area contributed by atoms with E-state index < -0.39 is 37.1 Å². The van der Waals surface area contributed by atoms with Gasteiger partial charge in [0.05, 0.1) is 6.61 Å². The smallest absolute Gasteiger partial charge is 0.113 e. The average Bonchev–Trinajstić information content (AvgIpc) is 3.13. The van der Waals surface area contributed by atoms with E-state index in [0.717, 1.165) is 12.0 Å². The van der Waals surface area contributed by atoms with Gasteiger partial charge >= 0.3 is 0 Å². The third-order valence-corrected chi connectivity index (χ3v) is 7.10. The predicted octanol–water partition coefficient (Wildman–Crippen LogP) is 3.30. The van der Waals surface area contributed by atoms with Gasteiger partial charge in [0.1, 0.15) is 30.5 Å². The Morgan fingerprint density at radius 1 is 0.935 bits per heavy atom. The molecule has 1 fully saturated rings. The molecule has 0 saturated carbocycles. The van der Waals surface area contributed by atoms with E-state index in [1.54, 1.807) is 11.3 Å². The van der Waals surface area contributed by atoms with Gasteiger partial charge in [-0.25, -0.2) is 0 Å². The van der Waals surface area contributed by atoms with Gasteiger partial charge in [0, 0.05) is 16.0 Å². The van der Waals surface area contributed by atoms with Crippen molar-refractivity contribution in [3.8, 4) is 0 Å². The molecule has 166 valence electrons. The number of thiophene rings is 1. The molecule has 0 amide bonds. The summed E-state index contributed by atoms with van der Waals surface area (Å²) in [5.74, 6) is 0. The van der Waals surface area contributed by atoms with E-state index in [2.05, 4.69) is 45.0 Å². The molecule has 0 spiro atoms. The summed E-state index contributed by atoms with van der Waals surface area (Å²) >= 11 is 1.77. The highest BCUT2D eigenvalue weighted by molar-refractivity contribution is 7.19. The van der Waals surface area contributed by atoms with Gasteiger partial charge in [0.2, 0.25) is 0 Å². The Kier molecular flexibility index (Phi) is 6.23. The number of rotatable bonds is 4. The maximum atomic E-state index is 10.4. The first-order valence-corrected chi connectivity index (χ1v) is 11.4. The number of fused-ring (bicyclic) bond motifs is 1. The second-order valence-electron chi connectivity index (χ2n) is 9.39. The first kappa shape index (κ1) is 22.4. The molecule has 5 atom stereocenters. The fourth-order valence-electron chi connectivity index (χ4n) is 4.11. The van der Waals surface area contributed by atoms with Crippen LogP contribution in [0.2, 0.25) is 0 Å². The zero-order chi connectivity index (χ0) is 22.3. The average molecular weight is 443 g/mol. The maximum absolute atomic E-state index is 10.4. The van der Waals surface area contributed by atoms with Gasteiger partial charge in [-0.05, 0) is 45.7 Å². The predicted molar refractivity (Wildman–Crippen MR) is 122 cm³/mol. The molecule has 5 nitrogen and oxygen atoms in total. The highest BCUT2D eigenvalue weighted by atomic mass is 32.1. The van der Waals surface area contributed by atoms with Crippen molar-refractivity contribution in [3.63, 3.8) is 0 Å². The maximum Gasteiger partial charge on any atom is 0.113 e. The molecular weight excluding hydrogens is 412 g/mol. The summed E-state index contributed by atoms with van der Waals surface area (Å²) in [6.45, 7) is 6.21. The van der Waals surface area contributed by atoms with Crippen LogP contribution >= 0.6 is 11.3 Å². The summed E-state index contributed by atoms with van der Waals surface area (Å²) in [6.07, 6.45) is -4.97. The Morgan fingerprint density at radius 2 is 1.71 bits per heavy atom. The van der Waals surface area contributed by atoms with E-state index in [1.165, 1.54) is 20.5 Å². The van der Waals surface area contributed by atoms with Gasteiger partial charge in [0.15, 0.2) is 0 Å². The third-order valence-electron chi connectivity index (χ3n) is 5.98. The zero-order valence-electron chi connectivity index (χ0n) is 18.0. The SMILES string of the molecule is CC(C)(C)c1ccc2sc(Cc3cccc([C@@H]4O[C@H](CO)[C@@H](O)[C@H](O)[C@H]4O)c3)cc2c1. The monoisotopic (exact) mass is 442 g/mol. The van der Waals surface area contributed by atoms with Crippen LogP contribution in [0.3, 0.4) is 0 Å². The second kappa shape index (κ2) is 8.62. The summed E-state index contributed by atoms with van der Waals surface area (Å²) < 4.78 is 6.96. The molecule has 0 unspecified atom stereocenters. The minimum absolute atomic E-state index is 0.107. The number of aliphatic hydroxyl groups excluding tert-OH is 4. The summed E-state index contributed by atoms with van der Waals surface area (Å²) in [5.41, 5.74) is 3.20. The Hall–Kier alpha value is -1.80. The first-order valence-electron chi connectivity index (χ1n) is 10.6. The number of ether oxygens (including phenoxy) is 1. The molecule has 6 heteroatoms. The number of hydrogen-bond donors (Lipinski definition) is 4. The van der Waals surface area contributed by atoms with Gasteiger partial charge in [-0.15, -0.1) is 11.3 Å². The fourth-order valence-corrected chi connectivity index (χ4v) is 5.19. The van der Waals surface area contributed by atoms with Crippen LogP contribution in [0, 0.1) is 0 Å². The summed E-state index contributed by atoms with van der Waals surface area (Å²) in [4.78, 5) is 1.24. The van der Waals surface area contributed by atoms with Crippen LogP contribution in [-0.4, -0.2) is 51.4 Å². The van der Waals surface area contributed by atoms with Crippen molar-refractivity contribution in [2.24, 2.45) is 0 Å². The first-order chi connectivity index (χ1) is 14.7. The summed E-state index contributed by atoms with van der Waals surface area (Å²) in [5, 5.41) is 41.2. The highest BCUT2D eigenvalue weighted by Gasteiger charge is 2.43. The molecule has 2 heterocycles. The Bertz CT molecular complexity index is 1050. The van der Waals surface area contributed by atoms with Crippen molar-refractivity contribution in [2.75, 3.05) is 6.61 Å². The van der Waals surface area contributed by atoms with Crippen LogP contribution in [0.1, 0.15) is 48.4 Å². The third kappa shape index (κ3) is 4.55. The van der Waals surface area contributed by atoms with Crippen LogP contribution in [0.5, 0.6) is 0 Å². The van der Waals surface area contributed by atoms with Gasteiger partial charge in [-0.2, -0.15) is 0 Å². The van der Waals surface area contributed by atoms with Crippen molar-refractivity contribution in [2.45, 2.75) is 63.1 Å². The topological polar surface area (TPSA) is 90.2 Å². The second-order valence-corrected chi connectivity index (χ2v) is 10.6. The highest BCUT2D eigenvalue weighted by Crippen LogP contribution is 2.34. The lowest BCUT2D eigenvalue weighted by Gasteiger charge is -2.40. The molecule has 2 aromatic carbocycles. The van der Waals surface area contributed by atoms with Crippen molar-refractivity contribution in [1.82, 2.24) is 0 Å². The molecule has 1 saturated heterocycles. The minimum atomic E-state index is -1.38. The molecule has 1 aliphatic heterocycles. The van der Waals surface area contributed by atoms with E-state index in [0.29, 0.717) is 5.56 Å². The molecule has 31 heavy (non-hydrogen) atoms. The molecule has 3 aromatic rings. The lowest BCUT2D eigenvalue weighted by molar-refractivity contribution is -0.231. The van der Waals surface area contributed by atoms with Gasteiger partial charge < -0.3 is 25.2 Å². The standard InChI is InChI=1S/C25H30O5S/c1-25(2,3)17-7-8-20-16(11-17)12-18(31-20)10-14-5-4-6-15(9-14)24-23(29)22(28)21(27)19(13-26)30-24/h4-9,11-12,19,21-24,26-29H,10,13H2,1-3H3/t19-,21-,22+,23-,24+/m1/s1. The van der Waals surface area contributed by atoms with Crippen LogP contribution in [-0.2, 0) is 16.6 Å². The van der Waals surface area contributed by atoms with E-state index in [1.807, 2.05) is 24.3 Å². The molecule has 1 aliphatic rings. The number of hydrogen-bond acceptors (Lipinski definition) is 6. The van der Waals surface area contributed by atoms with E-state index in [9.17, 15) is 20.4 Å².